The van der Waals surface area contributed by atoms with E-state index in [0.29, 0.717) is 25.4 Å². The van der Waals surface area contributed by atoms with Gasteiger partial charge in [-0.2, -0.15) is 0 Å². The molecule has 0 aliphatic heterocycles. The van der Waals surface area contributed by atoms with Crippen LogP contribution in [0, 0.1) is 0 Å². The molecule has 0 aliphatic rings. The minimum Gasteiger partial charge on any atom is -0.493 e. The van der Waals surface area contributed by atoms with Crippen molar-refractivity contribution in [2.75, 3.05) is 13.7 Å². The van der Waals surface area contributed by atoms with Crippen LogP contribution in [0.5, 0.6) is 11.5 Å². The molecule has 0 radical (unpaired) electrons. The number of aliphatic hydroxyl groups is 1. The Morgan fingerprint density at radius 2 is 1.78 bits per heavy atom. The van der Waals surface area contributed by atoms with Gasteiger partial charge in [0.15, 0.2) is 11.5 Å². The SMILES string of the molecule is COc1cc(CNCC(C)O)ccc1OCc1ccc(Br)cc1. The fourth-order valence-corrected chi connectivity index (χ4v) is 2.37. The molecule has 0 fully saturated rings. The number of benzene rings is 2. The van der Waals surface area contributed by atoms with Crippen LogP contribution in [0.1, 0.15) is 18.1 Å². The predicted molar refractivity (Wildman–Crippen MR) is 94.9 cm³/mol. The molecule has 0 bridgehead atoms. The molecule has 0 saturated heterocycles. The van der Waals surface area contributed by atoms with Crippen molar-refractivity contribution in [1.82, 2.24) is 5.32 Å². The third-order valence-electron chi connectivity index (χ3n) is 3.30. The number of ether oxygens (including phenoxy) is 2. The molecule has 23 heavy (non-hydrogen) atoms. The van der Waals surface area contributed by atoms with Gasteiger partial charge < -0.3 is 19.9 Å². The summed E-state index contributed by atoms with van der Waals surface area (Å²) in [6, 6.07) is 13.9. The first-order valence-corrected chi connectivity index (χ1v) is 8.30. The average molecular weight is 380 g/mol. The van der Waals surface area contributed by atoms with Crippen LogP contribution in [0.2, 0.25) is 0 Å². The second kappa shape index (κ2) is 8.91. The number of rotatable bonds is 8. The van der Waals surface area contributed by atoms with Gasteiger partial charge in [-0.05, 0) is 42.3 Å². The van der Waals surface area contributed by atoms with E-state index in [4.69, 9.17) is 9.47 Å². The highest BCUT2D eigenvalue weighted by Crippen LogP contribution is 2.29. The molecule has 1 atom stereocenters. The first-order valence-electron chi connectivity index (χ1n) is 7.51. The second-order valence-corrected chi connectivity index (χ2v) is 6.30. The van der Waals surface area contributed by atoms with Gasteiger partial charge in [0.25, 0.3) is 0 Å². The summed E-state index contributed by atoms with van der Waals surface area (Å²) in [5.41, 5.74) is 2.18. The van der Waals surface area contributed by atoms with Crippen molar-refractivity contribution in [2.24, 2.45) is 0 Å². The predicted octanol–water partition coefficient (Wildman–Crippen LogP) is 3.51. The third kappa shape index (κ3) is 5.86. The molecule has 0 spiro atoms. The van der Waals surface area contributed by atoms with Crippen molar-refractivity contribution >= 4 is 15.9 Å². The van der Waals surface area contributed by atoms with E-state index in [2.05, 4.69) is 21.2 Å². The number of hydrogen-bond acceptors (Lipinski definition) is 4. The summed E-state index contributed by atoms with van der Waals surface area (Å²) in [6.07, 6.45) is -0.356. The van der Waals surface area contributed by atoms with Gasteiger partial charge in [0.05, 0.1) is 13.2 Å². The molecular weight excluding hydrogens is 358 g/mol. The smallest absolute Gasteiger partial charge is 0.161 e. The Bertz CT molecular complexity index is 614. The van der Waals surface area contributed by atoms with Gasteiger partial charge in [-0.15, -0.1) is 0 Å². The fraction of sp³-hybridized carbons (Fsp3) is 0.333. The number of aliphatic hydroxyl groups excluding tert-OH is 1. The highest BCUT2D eigenvalue weighted by atomic mass is 79.9. The first-order chi connectivity index (χ1) is 11.1. The summed E-state index contributed by atoms with van der Waals surface area (Å²) in [5, 5.41) is 12.4. The quantitative estimate of drug-likeness (QED) is 0.736. The Labute approximate surface area is 145 Å². The average Bonchev–Trinajstić information content (AvgIpc) is 2.54. The van der Waals surface area contributed by atoms with Gasteiger partial charge in [-0.25, -0.2) is 0 Å². The monoisotopic (exact) mass is 379 g/mol. The van der Waals surface area contributed by atoms with Crippen LogP contribution in [0.15, 0.2) is 46.9 Å². The van der Waals surface area contributed by atoms with Crippen LogP contribution in [-0.2, 0) is 13.2 Å². The zero-order chi connectivity index (χ0) is 16.7. The van der Waals surface area contributed by atoms with E-state index in [-0.39, 0.29) is 6.10 Å². The van der Waals surface area contributed by atoms with Gasteiger partial charge in [0.2, 0.25) is 0 Å². The molecule has 0 saturated carbocycles. The van der Waals surface area contributed by atoms with Gasteiger partial charge in [-0.1, -0.05) is 34.1 Å². The van der Waals surface area contributed by atoms with E-state index >= 15 is 0 Å². The summed E-state index contributed by atoms with van der Waals surface area (Å²) in [6.45, 7) is 3.48. The third-order valence-corrected chi connectivity index (χ3v) is 3.83. The van der Waals surface area contributed by atoms with E-state index in [0.717, 1.165) is 21.3 Å². The molecule has 5 heteroatoms. The van der Waals surface area contributed by atoms with Crippen LogP contribution in [-0.4, -0.2) is 24.9 Å². The van der Waals surface area contributed by atoms with Crippen LogP contribution >= 0.6 is 15.9 Å². The Balaban J connectivity index is 1.97. The second-order valence-electron chi connectivity index (χ2n) is 5.38. The zero-order valence-corrected chi connectivity index (χ0v) is 15.0. The molecule has 0 heterocycles. The van der Waals surface area contributed by atoms with Crippen molar-refractivity contribution in [3.05, 3.63) is 58.1 Å². The Morgan fingerprint density at radius 1 is 1.09 bits per heavy atom. The molecule has 0 amide bonds. The lowest BCUT2D eigenvalue weighted by molar-refractivity contribution is 0.191. The summed E-state index contributed by atoms with van der Waals surface area (Å²) in [5.74, 6) is 1.42. The number of nitrogens with one attached hydrogen (secondary N) is 1. The minimum atomic E-state index is -0.356. The van der Waals surface area contributed by atoms with Crippen molar-refractivity contribution in [3.63, 3.8) is 0 Å². The van der Waals surface area contributed by atoms with Gasteiger partial charge in [0.1, 0.15) is 6.61 Å². The van der Waals surface area contributed by atoms with Crippen molar-refractivity contribution in [2.45, 2.75) is 26.2 Å². The standard InChI is InChI=1S/C18H22BrNO3/c1-13(21)10-20-11-15-5-8-17(18(9-15)22-2)23-12-14-3-6-16(19)7-4-14/h3-9,13,20-21H,10-12H2,1-2H3. The maximum absolute atomic E-state index is 9.26. The first kappa shape index (κ1) is 17.8. The molecule has 4 nitrogen and oxygen atoms in total. The van der Waals surface area contributed by atoms with E-state index < -0.39 is 0 Å². The lowest BCUT2D eigenvalue weighted by Gasteiger charge is -2.13. The van der Waals surface area contributed by atoms with Crippen molar-refractivity contribution in [3.8, 4) is 11.5 Å². The highest BCUT2D eigenvalue weighted by molar-refractivity contribution is 9.10. The molecule has 124 valence electrons. The van der Waals surface area contributed by atoms with Crippen LogP contribution in [0.4, 0.5) is 0 Å². The highest BCUT2D eigenvalue weighted by Gasteiger charge is 2.07. The van der Waals surface area contributed by atoms with Crippen molar-refractivity contribution < 1.29 is 14.6 Å². The van der Waals surface area contributed by atoms with Gasteiger partial charge in [-0.3, -0.25) is 0 Å². The molecular formula is C18H22BrNO3. The zero-order valence-electron chi connectivity index (χ0n) is 13.4. The van der Waals surface area contributed by atoms with E-state index in [1.807, 2.05) is 42.5 Å². The maximum atomic E-state index is 9.26. The number of methoxy groups -OCH3 is 1. The Morgan fingerprint density at radius 3 is 2.43 bits per heavy atom. The number of halogens is 1. The van der Waals surface area contributed by atoms with E-state index in [1.54, 1.807) is 14.0 Å². The normalized spacial score (nSPS) is 12.0. The van der Waals surface area contributed by atoms with Crippen LogP contribution in [0.3, 0.4) is 0 Å². The number of hydrogen-bond donors (Lipinski definition) is 2. The summed E-state index contributed by atoms with van der Waals surface area (Å²) in [4.78, 5) is 0. The Hall–Kier alpha value is -1.56. The summed E-state index contributed by atoms with van der Waals surface area (Å²) in [7, 11) is 1.63. The van der Waals surface area contributed by atoms with Crippen LogP contribution in [0.25, 0.3) is 0 Å². The summed E-state index contributed by atoms with van der Waals surface area (Å²) < 4.78 is 12.3. The molecule has 1 unspecified atom stereocenters. The molecule has 0 aromatic heterocycles. The largest absolute Gasteiger partial charge is 0.493 e. The fourth-order valence-electron chi connectivity index (χ4n) is 2.11. The molecule has 2 N–H and O–H groups in total. The van der Waals surface area contributed by atoms with Crippen LogP contribution < -0.4 is 14.8 Å². The molecule has 2 aromatic carbocycles. The summed E-state index contributed by atoms with van der Waals surface area (Å²) >= 11 is 3.42. The Kier molecular flexibility index (Phi) is 6.89. The lowest BCUT2D eigenvalue weighted by atomic mass is 10.2. The van der Waals surface area contributed by atoms with Gasteiger partial charge >= 0.3 is 0 Å². The molecule has 2 aromatic rings. The van der Waals surface area contributed by atoms with E-state index in [9.17, 15) is 5.11 Å². The van der Waals surface area contributed by atoms with Gasteiger partial charge in [0, 0.05) is 17.6 Å². The lowest BCUT2D eigenvalue weighted by Crippen LogP contribution is -2.23. The van der Waals surface area contributed by atoms with E-state index in [1.165, 1.54) is 0 Å². The minimum absolute atomic E-state index is 0.356. The molecule has 0 aliphatic carbocycles. The topological polar surface area (TPSA) is 50.7 Å². The van der Waals surface area contributed by atoms with Crippen molar-refractivity contribution in [1.29, 1.82) is 0 Å². The maximum Gasteiger partial charge on any atom is 0.161 e. The molecule has 2 rings (SSSR count).